The van der Waals surface area contributed by atoms with E-state index in [0.29, 0.717) is 0 Å². The average Bonchev–Trinajstić information content (AvgIpc) is 3.37. The third-order valence-electron chi connectivity index (χ3n) is 7.32. The van der Waals surface area contributed by atoms with E-state index in [1.165, 1.54) is 38.8 Å². The quantitative estimate of drug-likeness (QED) is 0.784. The molecule has 0 aromatic carbocycles. The van der Waals surface area contributed by atoms with Crippen LogP contribution in [-0.2, 0) is 11.2 Å². The lowest BCUT2D eigenvalue weighted by Gasteiger charge is -2.58. The number of amides is 1. The predicted molar refractivity (Wildman–Crippen MR) is 119 cm³/mol. The van der Waals surface area contributed by atoms with Gasteiger partial charge in [-0.05, 0) is 85.5 Å². The zero-order chi connectivity index (χ0) is 20.7. The first kappa shape index (κ1) is 19.6. The number of fused-ring (bicyclic) bond motifs is 1. The summed E-state index contributed by atoms with van der Waals surface area (Å²) in [5.74, 6) is 1.40. The molecular formula is C23H28N4O2S. The maximum atomic E-state index is 11.5. The number of methoxy groups -OCH3 is 1. The zero-order valence-corrected chi connectivity index (χ0v) is 18.1. The van der Waals surface area contributed by atoms with Crippen LogP contribution >= 0.6 is 11.3 Å². The van der Waals surface area contributed by atoms with E-state index in [0.717, 1.165) is 52.5 Å². The fraction of sp³-hybridized carbons (Fsp3) is 0.478. The fourth-order valence-corrected chi connectivity index (χ4v) is 6.13. The number of rotatable bonds is 3. The highest BCUT2D eigenvalue weighted by Crippen LogP contribution is 2.57. The zero-order valence-electron chi connectivity index (χ0n) is 17.3. The number of nitrogens with two attached hydrogens (primary N) is 1. The van der Waals surface area contributed by atoms with Crippen LogP contribution in [0.2, 0.25) is 0 Å². The van der Waals surface area contributed by atoms with Crippen LogP contribution in [0.25, 0.3) is 11.6 Å². The molecule has 2 aliphatic heterocycles. The number of carbonyl (C=O) groups is 1. The lowest BCUT2D eigenvalue weighted by Crippen LogP contribution is -2.63. The maximum absolute atomic E-state index is 11.5. The Kier molecular flexibility index (Phi) is 5.03. The number of nitrogens with zero attached hydrogens (tertiary/aromatic N) is 2. The molecule has 6 nitrogen and oxygen atoms in total. The van der Waals surface area contributed by atoms with Crippen molar-refractivity contribution in [1.29, 1.82) is 0 Å². The average molecular weight is 425 g/mol. The van der Waals surface area contributed by atoms with Gasteiger partial charge in [0.2, 0.25) is 0 Å². The summed E-state index contributed by atoms with van der Waals surface area (Å²) in [4.78, 5) is 14.3. The van der Waals surface area contributed by atoms with Gasteiger partial charge in [-0.15, -0.1) is 0 Å². The number of aromatic amines is 1. The first-order chi connectivity index (χ1) is 14.6. The van der Waals surface area contributed by atoms with E-state index in [1.54, 1.807) is 18.4 Å². The van der Waals surface area contributed by atoms with Crippen molar-refractivity contribution in [3.8, 4) is 0 Å². The number of aromatic nitrogens is 2. The van der Waals surface area contributed by atoms with Crippen molar-refractivity contribution >= 4 is 28.9 Å². The molecule has 2 atom stereocenters. The van der Waals surface area contributed by atoms with Gasteiger partial charge in [0.15, 0.2) is 5.69 Å². The number of ether oxygens (including phenoxy) is 1. The number of carbonyl (C=O) groups excluding carboxylic acids is 1. The summed E-state index contributed by atoms with van der Waals surface area (Å²) in [6.45, 7) is 2.83. The number of H-pyrrole nitrogens is 1. The van der Waals surface area contributed by atoms with E-state index in [2.05, 4.69) is 21.2 Å². The molecule has 2 aliphatic carbocycles. The molecule has 7 heteroatoms. The highest BCUT2D eigenvalue weighted by molar-refractivity contribution is 7.08. The van der Waals surface area contributed by atoms with Gasteiger partial charge in [0.1, 0.15) is 5.76 Å². The van der Waals surface area contributed by atoms with E-state index in [-0.39, 0.29) is 5.69 Å². The van der Waals surface area contributed by atoms with Crippen LogP contribution in [0.5, 0.6) is 0 Å². The van der Waals surface area contributed by atoms with Crippen molar-refractivity contribution in [2.75, 3.05) is 20.2 Å². The largest absolute Gasteiger partial charge is 0.496 e. The van der Waals surface area contributed by atoms with Gasteiger partial charge >= 0.3 is 0 Å². The molecule has 158 valence electrons. The molecule has 2 aromatic rings. The van der Waals surface area contributed by atoms with Gasteiger partial charge in [0, 0.05) is 28.9 Å². The van der Waals surface area contributed by atoms with Gasteiger partial charge < -0.3 is 10.5 Å². The van der Waals surface area contributed by atoms with Gasteiger partial charge in [-0.25, -0.2) is 0 Å². The third kappa shape index (κ3) is 3.11. The van der Waals surface area contributed by atoms with Crippen molar-refractivity contribution in [3.05, 3.63) is 51.2 Å². The van der Waals surface area contributed by atoms with Crippen molar-refractivity contribution in [2.24, 2.45) is 11.7 Å². The van der Waals surface area contributed by atoms with Gasteiger partial charge in [0.25, 0.3) is 5.91 Å². The first-order valence-electron chi connectivity index (χ1n) is 10.7. The highest BCUT2D eigenvalue weighted by Gasteiger charge is 2.59. The maximum Gasteiger partial charge on any atom is 0.269 e. The number of hydrogen-bond donors (Lipinski definition) is 2. The summed E-state index contributed by atoms with van der Waals surface area (Å²) in [7, 11) is 1.65. The molecule has 6 rings (SSSR count). The highest BCUT2D eigenvalue weighted by atomic mass is 32.1. The molecule has 1 saturated carbocycles. The summed E-state index contributed by atoms with van der Waals surface area (Å²) in [6.07, 6.45) is 11.6. The number of primary amides is 1. The lowest BCUT2D eigenvalue weighted by atomic mass is 9.62. The van der Waals surface area contributed by atoms with Gasteiger partial charge in [-0.3, -0.25) is 14.8 Å². The second-order valence-corrected chi connectivity index (χ2v) is 9.35. The molecule has 3 N–H and O–H groups in total. The topological polar surface area (TPSA) is 84.2 Å². The molecule has 1 spiro atoms. The molecule has 1 amide bonds. The Labute approximate surface area is 180 Å². The number of aryl methyl sites for hydroxylation is 1. The monoisotopic (exact) mass is 424 g/mol. The number of allylic oxidation sites excluding steroid dienone is 2. The van der Waals surface area contributed by atoms with Gasteiger partial charge in [0.05, 0.1) is 7.11 Å². The van der Waals surface area contributed by atoms with Crippen molar-refractivity contribution < 1.29 is 9.53 Å². The summed E-state index contributed by atoms with van der Waals surface area (Å²) < 4.78 is 5.51. The Bertz CT molecular complexity index is 987. The minimum absolute atomic E-state index is 0.273. The summed E-state index contributed by atoms with van der Waals surface area (Å²) in [5.41, 5.74) is 10.2. The summed E-state index contributed by atoms with van der Waals surface area (Å²) in [5, 5.41) is 11.0. The Morgan fingerprint density at radius 2 is 2.27 bits per heavy atom. The molecule has 30 heavy (non-hydrogen) atoms. The molecule has 0 radical (unpaired) electrons. The molecule has 3 fully saturated rings. The molecule has 0 bridgehead atoms. The van der Waals surface area contributed by atoms with Gasteiger partial charge in [-0.2, -0.15) is 16.4 Å². The SMILES string of the molecule is C1CN2CCC23CCC13.COC1=C/CCc2[nH]nc(C(N)=O)c2/C=C\1c1ccsc1. The Hall–Kier alpha value is -2.38. The van der Waals surface area contributed by atoms with E-state index in [1.807, 2.05) is 22.9 Å². The summed E-state index contributed by atoms with van der Waals surface area (Å²) in [6, 6.07) is 2.02. The van der Waals surface area contributed by atoms with Gasteiger partial charge in [-0.1, -0.05) is 0 Å². The first-order valence-corrected chi connectivity index (χ1v) is 11.7. The van der Waals surface area contributed by atoms with Crippen LogP contribution in [0.3, 0.4) is 0 Å². The van der Waals surface area contributed by atoms with Crippen molar-refractivity contribution in [2.45, 2.75) is 44.1 Å². The normalized spacial score (nSPS) is 30.2. The minimum Gasteiger partial charge on any atom is -0.496 e. The Balaban J connectivity index is 0.000000174. The van der Waals surface area contributed by atoms with Crippen LogP contribution in [0, 0.1) is 5.92 Å². The number of nitrogens with one attached hydrogen (secondary N) is 1. The van der Waals surface area contributed by atoms with E-state index >= 15 is 0 Å². The molecule has 4 aliphatic rings. The van der Waals surface area contributed by atoms with Crippen molar-refractivity contribution in [3.63, 3.8) is 0 Å². The van der Waals surface area contributed by atoms with E-state index in [9.17, 15) is 4.79 Å². The van der Waals surface area contributed by atoms with Crippen LogP contribution < -0.4 is 5.73 Å². The van der Waals surface area contributed by atoms with Crippen LogP contribution in [-0.4, -0.2) is 46.7 Å². The fourth-order valence-electron chi connectivity index (χ4n) is 5.47. The van der Waals surface area contributed by atoms with Crippen LogP contribution in [0.1, 0.15) is 59.4 Å². The molecule has 2 aromatic heterocycles. The number of hydrogen-bond acceptors (Lipinski definition) is 5. The molecule has 2 saturated heterocycles. The smallest absolute Gasteiger partial charge is 0.269 e. The molecular weight excluding hydrogens is 396 g/mol. The predicted octanol–water partition coefficient (Wildman–Crippen LogP) is 3.83. The lowest BCUT2D eigenvalue weighted by molar-refractivity contribution is -0.0659. The second-order valence-electron chi connectivity index (χ2n) is 8.57. The van der Waals surface area contributed by atoms with Crippen LogP contribution in [0.4, 0.5) is 0 Å². The minimum atomic E-state index is -0.531. The van der Waals surface area contributed by atoms with E-state index in [4.69, 9.17) is 10.5 Å². The summed E-state index contributed by atoms with van der Waals surface area (Å²) >= 11 is 1.61. The van der Waals surface area contributed by atoms with Crippen LogP contribution in [0.15, 0.2) is 28.7 Å². The van der Waals surface area contributed by atoms with Crippen molar-refractivity contribution in [1.82, 2.24) is 15.1 Å². The molecule has 2 unspecified atom stereocenters. The standard InChI is InChI=1S/C15H15N3O2S.C8H13N/c1-20-13-4-2-3-12-11(14(15(16)19)18-17-12)7-10(13)9-5-6-21-8-9;1-3-8-4-6-9(8)5-2-7(1)8/h4-8H,2-3H2,1H3,(H2,16,19)(H,17,18);7H,1-6H2/b10-7-,13-4+;. The third-order valence-corrected chi connectivity index (χ3v) is 8.01. The molecule has 4 heterocycles. The Morgan fingerprint density at radius 3 is 2.83 bits per heavy atom. The number of thiophene rings is 1. The van der Waals surface area contributed by atoms with E-state index < -0.39 is 5.91 Å². The Morgan fingerprint density at radius 1 is 1.37 bits per heavy atom. The second kappa shape index (κ2) is 7.71.